The lowest BCUT2D eigenvalue weighted by Crippen LogP contribution is -2.49. The standard InChI is InChI=1S/C17H19N5OS/c1-2-12-9-16(19-11-18-12)21-4-6-22(7-5-21)17(23)14-10-15-13(20-14)3-8-24-15/h3,8-11,20H,2,4-7H2,1H3. The summed E-state index contributed by atoms with van der Waals surface area (Å²) in [6.45, 7) is 5.08. The third-order valence-electron chi connectivity index (χ3n) is 4.43. The molecule has 0 radical (unpaired) electrons. The van der Waals surface area contributed by atoms with E-state index in [0.717, 1.165) is 41.2 Å². The van der Waals surface area contributed by atoms with Gasteiger partial charge < -0.3 is 14.8 Å². The van der Waals surface area contributed by atoms with Gasteiger partial charge in [0.2, 0.25) is 0 Å². The Hall–Kier alpha value is -2.41. The van der Waals surface area contributed by atoms with Gasteiger partial charge in [-0.1, -0.05) is 6.92 Å². The first-order chi connectivity index (χ1) is 11.7. The van der Waals surface area contributed by atoms with Gasteiger partial charge in [0.25, 0.3) is 5.91 Å². The lowest BCUT2D eigenvalue weighted by molar-refractivity contribution is 0.0741. The number of aromatic amines is 1. The van der Waals surface area contributed by atoms with Crippen LogP contribution in [0.1, 0.15) is 23.1 Å². The highest BCUT2D eigenvalue weighted by Gasteiger charge is 2.24. The van der Waals surface area contributed by atoms with Crippen molar-refractivity contribution in [1.29, 1.82) is 0 Å². The van der Waals surface area contributed by atoms with E-state index in [9.17, 15) is 4.79 Å². The van der Waals surface area contributed by atoms with Crippen molar-refractivity contribution in [3.63, 3.8) is 0 Å². The smallest absolute Gasteiger partial charge is 0.270 e. The first-order valence-electron chi connectivity index (χ1n) is 8.16. The summed E-state index contributed by atoms with van der Waals surface area (Å²) in [5, 5.41) is 2.03. The number of fused-ring (bicyclic) bond motifs is 1. The molecule has 0 bridgehead atoms. The van der Waals surface area contributed by atoms with Crippen molar-refractivity contribution in [2.75, 3.05) is 31.1 Å². The first kappa shape index (κ1) is 15.1. The van der Waals surface area contributed by atoms with Crippen LogP contribution in [0, 0.1) is 0 Å². The Morgan fingerprint density at radius 2 is 2.08 bits per heavy atom. The fourth-order valence-electron chi connectivity index (χ4n) is 3.02. The molecule has 0 spiro atoms. The maximum atomic E-state index is 12.7. The molecule has 0 unspecified atom stereocenters. The molecule has 4 rings (SSSR count). The molecular weight excluding hydrogens is 322 g/mol. The summed E-state index contributed by atoms with van der Waals surface area (Å²) in [5.74, 6) is 1.03. The molecule has 1 aliphatic rings. The fourth-order valence-corrected chi connectivity index (χ4v) is 3.81. The third kappa shape index (κ3) is 2.75. The van der Waals surface area contributed by atoms with Gasteiger partial charge in [0.1, 0.15) is 17.8 Å². The molecule has 0 atom stereocenters. The minimum absolute atomic E-state index is 0.0787. The van der Waals surface area contributed by atoms with Crippen LogP contribution >= 0.6 is 11.3 Å². The number of thiophene rings is 1. The van der Waals surface area contributed by atoms with E-state index in [4.69, 9.17) is 0 Å². The number of piperazine rings is 1. The highest BCUT2D eigenvalue weighted by atomic mass is 32.1. The molecule has 1 amide bonds. The number of hydrogen-bond donors (Lipinski definition) is 1. The van der Waals surface area contributed by atoms with Crippen molar-refractivity contribution in [1.82, 2.24) is 19.9 Å². The molecule has 6 nitrogen and oxygen atoms in total. The van der Waals surface area contributed by atoms with Crippen molar-refractivity contribution in [3.8, 4) is 0 Å². The van der Waals surface area contributed by atoms with Crippen LogP contribution in [-0.2, 0) is 6.42 Å². The summed E-state index contributed by atoms with van der Waals surface area (Å²) in [6, 6.07) is 6.00. The lowest BCUT2D eigenvalue weighted by Gasteiger charge is -2.35. The largest absolute Gasteiger partial charge is 0.353 e. The molecular formula is C17H19N5OS. The van der Waals surface area contributed by atoms with Gasteiger partial charge in [0, 0.05) is 37.9 Å². The minimum Gasteiger partial charge on any atom is -0.353 e. The van der Waals surface area contributed by atoms with Gasteiger partial charge in [-0.15, -0.1) is 11.3 Å². The molecule has 1 N–H and O–H groups in total. The number of H-pyrrole nitrogens is 1. The van der Waals surface area contributed by atoms with Gasteiger partial charge in [0.05, 0.1) is 10.2 Å². The SMILES string of the molecule is CCc1cc(N2CCN(C(=O)c3cc4sccc4[nH]3)CC2)ncn1. The highest BCUT2D eigenvalue weighted by Crippen LogP contribution is 2.22. The predicted octanol–water partition coefficient (Wildman–Crippen LogP) is 2.54. The summed E-state index contributed by atoms with van der Waals surface area (Å²) in [6.07, 6.45) is 2.52. The Labute approximate surface area is 144 Å². The van der Waals surface area contributed by atoms with E-state index in [0.29, 0.717) is 18.8 Å². The van der Waals surface area contributed by atoms with E-state index in [1.807, 2.05) is 28.5 Å². The first-order valence-corrected chi connectivity index (χ1v) is 9.04. The molecule has 1 saturated heterocycles. The van der Waals surface area contributed by atoms with Crippen LogP contribution in [0.15, 0.2) is 29.9 Å². The number of carbonyl (C=O) groups is 1. The second-order valence-corrected chi connectivity index (χ2v) is 6.83. The second kappa shape index (κ2) is 6.24. The summed E-state index contributed by atoms with van der Waals surface area (Å²) in [4.78, 5) is 28.6. The average molecular weight is 341 g/mol. The zero-order valence-corrected chi connectivity index (χ0v) is 14.3. The van der Waals surface area contributed by atoms with Gasteiger partial charge in [-0.25, -0.2) is 9.97 Å². The number of amides is 1. The monoisotopic (exact) mass is 341 g/mol. The van der Waals surface area contributed by atoms with Crippen LogP contribution < -0.4 is 4.90 Å². The van der Waals surface area contributed by atoms with E-state index in [2.05, 4.69) is 26.8 Å². The van der Waals surface area contributed by atoms with Gasteiger partial charge in [-0.2, -0.15) is 0 Å². The van der Waals surface area contributed by atoms with E-state index in [1.165, 1.54) is 0 Å². The number of aromatic nitrogens is 3. The number of carbonyl (C=O) groups excluding carboxylic acids is 1. The van der Waals surface area contributed by atoms with Crippen LogP contribution in [0.5, 0.6) is 0 Å². The Morgan fingerprint density at radius 3 is 2.83 bits per heavy atom. The summed E-state index contributed by atoms with van der Waals surface area (Å²) < 4.78 is 1.13. The molecule has 7 heteroatoms. The van der Waals surface area contributed by atoms with Crippen LogP contribution in [0.3, 0.4) is 0 Å². The fraction of sp³-hybridized carbons (Fsp3) is 0.353. The maximum absolute atomic E-state index is 12.7. The van der Waals surface area contributed by atoms with Crippen LogP contribution in [0.25, 0.3) is 10.2 Å². The Balaban J connectivity index is 1.43. The number of nitrogens with zero attached hydrogens (tertiary/aromatic N) is 4. The number of anilines is 1. The van der Waals surface area contributed by atoms with Crippen LogP contribution in [-0.4, -0.2) is 51.9 Å². The lowest BCUT2D eigenvalue weighted by atomic mass is 10.2. The number of rotatable bonds is 3. The average Bonchev–Trinajstić information content (AvgIpc) is 3.23. The molecule has 24 heavy (non-hydrogen) atoms. The van der Waals surface area contributed by atoms with Crippen molar-refractivity contribution in [3.05, 3.63) is 41.3 Å². The molecule has 1 fully saturated rings. The van der Waals surface area contributed by atoms with Crippen molar-refractivity contribution >= 4 is 33.3 Å². The van der Waals surface area contributed by atoms with E-state index < -0.39 is 0 Å². The van der Waals surface area contributed by atoms with Crippen molar-refractivity contribution in [2.45, 2.75) is 13.3 Å². The molecule has 0 aromatic carbocycles. The second-order valence-electron chi connectivity index (χ2n) is 5.88. The molecule has 124 valence electrons. The zero-order chi connectivity index (χ0) is 16.5. The van der Waals surface area contributed by atoms with E-state index >= 15 is 0 Å². The molecule has 0 saturated carbocycles. The number of nitrogens with one attached hydrogen (secondary N) is 1. The van der Waals surface area contributed by atoms with E-state index in [1.54, 1.807) is 17.7 Å². The normalized spacial score (nSPS) is 15.2. The quantitative estimate of drug-likeness (QED) is 0.795. The zero-order valence-electron chi connectivity index (χ0n) is 13.5. The topological polar surface area (TPSA) is 65.1 Å². The van der Waals surface area contributed by atoms with Crippen molar-refractivity contribution in [2.24, 2.45) is 0 Å². The maximum Gasteiger partial charge on any atom is 0.270 e. The summed E-state index contributed by atoms with van der Waals surface area (Å²) in [7, 11) is 0. The molecule has 0 aliphatic carbocycles. The van der Waals surface area contributed by atoms with Crippen LogP contribution in [0.2, 0.25) is 0 Å². The van der Waals surface area contributed by atoms with Gasteiger partial charge >= 0.3 is 0 Å². The molecule has 3 aromatic rings. The van der Waals surface area contributed by atoms with Gasteiger partial charge in [0.15, 0.2) is 0 Å². The molecule has 3 aromatic heterocycles. The number of hydrogen-bond acceptors (Lipinski definition) is 5. The predicted molar refractivity (Wildman–Crippen MR) is 95.7 cm³/mol. The Bertz CT molecular complexity index is 834. The summed E-state index contributed by atoms with van der Waals surface area (Å²) in [5.41, 5.74) is 2.76. The van der Waals surface area contributed by atoms with Crippen LogP contribution in [0.4, 0.5) is 5.82 Å². The third-order valence-corrected chi connectivity index (χ3v) is 5.30. The van der Waals surface area contributed by atoms with Crippen molar-refractivity contribution < 1.29 is 4.79 Å². The van der Waals surface area contributed by atoms with Gasteiger partial charge in [-0.05, 0) is 23.9 Å². The molecule has 1 aliphatic heterocycles. The highest BCUT2D eigenvalue weighted by molar-refractivity contribution is 7.17. The molecule has 4 heterocycles. The summed E-state index contributed by atoms with van der Waals surface area (Å²) >= 11 is 1.65. The minimum atomic E-state index is 0.0787. The number of aryl methyl sites for hydroxylation is 1. The Morgan fingerprint density at radius 1 is 1.25 bits per heavy atom. The van der Waals surface area contributed by atoms with E-state index in [-0.39, 0.29) is 5.91 Å². The Kier molecular flexibility index (Phi) is 3.93. The van der Waals surface area contributed by atoms with Gasteiger partial charge in [-0.3, -0.25) is 4.79 Å².